The Morgan fingerprint density at radius 3 is 2.73 bits per heavy atom. The second-order valence-corrected chi connectivity index (χ2v) is 3.77. The molecule has 4 nitrogen and oxygen atoms in total. The average Bonchev–Trinajstić information content (AvgIpc) is 2.74. The van der Waals surface area contributed by atoms with E-state index in [1.807, 2.05) is 0 Å². The van der Waals surface area contributed by atoms with Crippen molar-refractivity contribution in [2.75, 3.05) is 12.8 Å². The number of nitrogen functional groups attached to an aromatic ring is 1. The molecule has 1 saturated carbocycles. The molecule has 15 heavy (non-hydrogen) atoms. The second-order valence-electron chi connectivity index (χ2n) is 3.77. The summed E-state index contributed by atoms with van der Waals surface area (Å²) in [6.07, 6.45) is 4.92. The third-order valence-corrected chi connectivity index (χ3v) is 2.65. The van der Waals surface area contributed by atoms with Crippen LogP contribution in [0.3, 0.4) is 0 Å². The first-order chi connectivity index (χ1) is 7.29. The molecular formula is C11H16N2O2. The van der Waals surface area contributed by atoms with Crippen LogP contribution >= 0.6 is 0 Å². The van der Waals surface area contributed by atoms with E-state index in [4.69, 9.17) is 15.2 Å². The Morgan fingerprint density at radius 1 is 1.33 bits per heavy atom. The maximum absolute atomic E-state index is 5.78. The van der Waals surface area contributed by atoms with Gasteiger partial charge in [0.1, 0.15) is 6.10 Å². The molecule has 1 aromatic rings. The lowest BCUT2D eigenvalue weighted by Crippen LogP contribution is -2.13. The van der Waals surface area contributed by atoms with E-state index in [0.717, 1.165) is 12.8 Å². The summed E-state index contributed by atoms with van der Waals surface area (Å²) in [7, 11) is 1.58. The number of pyridine rings is 1. The molecule has 2 N–H and O–H groups in total. The van der Waals surface area contributed by atoms with Crippen LogP contribution in [0, 0.1) is 0 Å². The van der Waals surface area contributed by atoms with Gasteiger partial charge in [0.25, 0.3) is 0 Å². The summed E-state index contributed by atoms with van der Waals surface area (Å²) in [5.74, 6) is 1.04. The molecule has 0 aromatic carbocycles. The van der Waals surface area contributed by atoms with Gasteiger partial charge in [-0.15, -0.1) is 0 Å². The van der Waals surface area contributed by atoms with Crippen molar-refractivity contribution < 1.29 is 9.47 Å². The van der Waals surface area contributed by atoms with Crippen molar-refractivity contribution in [2.24, 2.45) is 0 Å². The van der Waals surface area contributed by atoms with Crippen LogP contribution in [0.5, 0.6) is 11.8 Å². The number of hydrogen-bond acceptors (Lipinski definition) is 4. The number of methoxy groups -OCH3 is 1. The van der Waals surface area contributed by atoms with E-state index < -0.39 is 0 Å². The standard InChI is InChI=1S/C11H16N2O2/c1-14-10-7-6-9(12)11(13-10)15-8-4-2-3-5-8/h6-8H,2-5,12H2,1H3. The summed E-state index contributed by atoms with van der Waals surface area (Å²) in [6, 6.07) is 3.49. The van der Waals surface area contributed by atoms with Gasteiger partial charge in [-0.2, -0.15) is 4.98 Å². The molecule has 1 aromatic heterocycles. The van der Waals surface area contributed by atoms with Crippen LogP contribution in [-0.4, -0.2) is 18.2 Å². The molecule has 1 heterocycles. The molecule has 0 spiro atoms. The van der Waals surface area contributed by atoms with Crippen LogP contribution in [0.4, 0.5) is 5.69 Å². The van der Waals surface area contributed by atoms with E-state index in [1.165, 1.54) is 12.8 Å². The van der Waals surface area contributed by atoms with E-state index in [-0.39, 0.29) is 6.10 Å². The Kier molecular flexibility index (Phi) is 2.94. The van der Waals surface area contributed by atoms with Gasteiger partial charge in [0.15, 0.2) is 0 Å². The summed E-state index contributed by atoms with van der Waals surface area (Å²) >= 11 is 0. The van der Waals surface area contributed by atoms with Crippen LogP contribution in [0.25, 0.3) is 0 Å². The monoisotopic (exact) mass is 208 g/mol. The number of nitrogens with zero attached hydrogens (tertiary/aromatic N) is 1. The summed E-state index contributed by atoms with van der Waals surface area (Å²) in [5.41, 5.74) is 6.35. The summed E-state index contributed by atoms with van der Waals surface area (Å²) in [5, 5.41) is 0. The zero-order chi connectivity index (χ0) is 10.7. The predicted octanol–water partition coefficient (Wildman–Crippen LogP) is 1.99. The number of anilines is 1. The zero-order valence-electron chi connectivity index (χ0n) is 8.90. The fourth-order valence-corrected chi connectivity index (χ4v) is 1.81. The number of rotatable bonds is 3. The maximum atomic E-state index is 5.78. The molecule has 1 aliphatic carbocycles. The lowest BCUT2D eigenvalue weighted by Gasteiger charge is -2.14. The summed E-state index contributed by atoms with van der Waals surface area (Å²) in [6.45, 7) is 0. The van der Waals surface area contributed by atoms with Crippen molar-refractivity contribution >= 4 is 5.69 Å². The molecule has 1 fully saturated rings. The highest BCUT2D eigenvalue weighted by Crippen LogP contribution is 2.27. The van der Waals surface area contributed by atoms with Gasteiger partial charge in [-0.3, -0.25) is 0 Å². The third kappa shape index (κ3) is 2.32. The van der Waals surface area contributed by atoms with Crippen LogP contribution in [0.15, 0.2) is 12.1 Å². The van der Waals surface area contributed by atoms with Crippen LogP contribution in [0.2, 0.25) is 0 Å². The average molecular weight is 208 g/mol. The Balaban J connectivity index is 2.11. The van der Waals surface area contributed by atoms with Gasteiger partial charge in [-0.25, -0.2) is 0 Å². The van der Waals surface area contributed by atoms with Crippen LogP contribution in [-0.2, 0) is 0 Å². The van der Waals surface area contributed by atoms with Gasteiger partial charge in [-0.1, -0.05) is 0 Å². The second kappa shape index (κ2) is 4.38. The minimum absolute atomic E-state index is 0.270. The van der Waals surface area contributed by atoms with Crippen molar-refractivity contribution in [1.82, 2.24) is 4.98 Å². The van der Waals surface area contributed by atoms with Gasteiger partial charge in [-0.05, 0) is 31.7 Å². The van der Waals surface area contributed by atoms with E-state index >= 15 is 0 Å². The van der Waals surface area contributed by atoms with Gasteiger partial charge in [0.2, 0.25) is 11.8 Å². The molecule has 0 unspecified atom stereocenters. The summed E-state index contributed by atoms with van der Waals surface area (Å²) < 4.78 is 10.8. The van der Waals surface area contributed by atoms with Crippen molar-refractivity contribution in [2.45, 2.75) is 31.8 Å². The molecule has 1 aliphatic rings. The molecule has 4 heteroatoms. The minimum atomic E-state index is 0.270. The van der Waals surface area contributed by atoms with Crippen molar-refractivity contribution in [3.63, 3.8) is 0 Å². The lowest BCUT2D eigenvalue weighted by atomic mass is 10.3. The first kappa shape index (κ1) is 10.1. The fourth-order valence-electron chi connectivity index (χ4n) is 1.81. The molecule has 0 amide bonds. The van der Waals surface area contributed by atoms with Gasteiger partial charge < -0.3 is 15.2 Å². The molecule has 2 rings (SSSR count). The van der Waals surface area contributed by atoms with E-state index in [2.05, 4.69) is 4.98 Å². The normalized spacial score (nSPS) is 16.6. The topological polar surface area (TPSA) is 57.4 Å². The van der Waals surface area contributed by atoms with Crippen LogP contribution < -0.4 is 15.2 Å². The third-order valence-electron chi connectivity index (χ3n) is 2.65. The van der Waals surface area contributed by atoms with E-state index in [9.17, 15) is 0 Å². The van der Waals surface area contributed by atoms with E-state index in [1.54, 1.807) is 19.2 Å². The van der Waals surface area contributed by atoms with E-state index in [0.29, 0.717) is 17.4 Å². The number of aromatic nitrogens is 1. The van der Waals surface area contributed by atoms with Gasteiger partial charge in [0, 0.05) is 6.07 Å². The number of hydrogen-bond donors (Lipinski definition) is 1. The number of nitrogens with two attached hydrogens (primary N) is 1. The Labute approximate surface area is 89.4 Å². The van der Waals surface area contributed by atoms with Crippen molar-refractivity contribution in [3.8, 4) is 11.8 Å². The lowest BCUT2D eigenvalue weighted by molar-refractivity contribution is 0.200. The van der Waals surface area contributed by atoms with Crippen molar-refractivity contribution in [3.05, 3.63) is 12.1 Å². The SMILES string of the molecule is COc1ccc(N)c(OC2CCCC2)n1. The maximum Gasteiger partial charge on any atom is 0.240 e. The fraction of sp³-hybridized carbons (Fsp3) is 0.545. The highest BCUT2D eigenvalue weighted by atomic mass is 16.5. The quantitative estimate of drug-likeness (QED) is 0.825. The molecule has 0 aliphatic heterocycles. The van der Waals surface area contributed by atoms with Gasteiger partial charge >= 0.3 is 0 Å². The smallest absolute Gasteiger partial charge is 0.240 e. The molecule has 0 atom stereocenters. The highest BCUT2D eigenvalue weighted by Gasteiger charge is 2.18. The molecule has 82 valence electrons. The predicted molar refractivity (Wildman–Crippen MR) is 58.1 cm³/mol. The molecular weight excluding hydrogens is 192 g/mol. The first-order valence-electron chi connectivity index (χ1n) is 5.27. The van der Waals surface area contributed by atoms with Gasteiger partial charge in [0.05, 0.1) is 12.8 Å². The Morgan fingerprint density at radius 2 is 2.07 bits per heavy atom. The minimum Gasteiger partial charge on any atom is -0.481 e. The Hall–Kier alpha value is -1.45. The molecule has 0 bridgehead atoms. The van der Waals surface area contributed by atoms with Crippen LogP contribution in [0.1, 0.15) is 25.7 Å². The van der Waals surface area contributed by atoms with Crippen molar-refractivity contribution in [1.29, 1.82) is 0 Å². The Bertz CT molecular complexity index is 335. The zero-order valence-corrected chi connectivity index (χ0v) is 8.90. The summed E-state index contributed by atoms with van der Waals surface area (Å²) in [4.78, 5) is 4.18. The highest BCUT2D eigenvalue weighted by molar-refractivity contribution is 5.49. The molecule has 0 saturated heterocycles. The largest absolute Gasteiger partial charge is 0.481 e. The first-order valence-corrected chi connectivity index (χ1v) is 5.27. The number of ether oxygens (including phenoxy) is 2. The molecule has 0 radical (unpaired) electrons.